The molecule has 1 fully saturated rings. The Morgan fingerprint density at radius 1 is 1.41 bits per heavy atom. The highest BCUT2D eigenvalue weighted by Gasteiger charge is 2.15. The molecule has 1 aromatic rings. The molecule has 0 unspecified atom stereocenters. The number of amides is 1. The number of hydrogen-bond acceptors (Lipinski definition) is 3. The molecule has 1 aromatic carbocycles. The second kappa shape index (κ2) is 6.14. The monoisotopic (exact) mass is 298 g/mol. The minimum Gasteiger partial charge on any atom is -0.317 e. The second-order valence-electron chi connectivity index (χ2n) is 4.01. The van der Waals surface area contributed by atoms with Crippen molar-refractivity contribution in [1.29, 1.82) is 0 Å². The number of hydroxylamine groups is 1. The third-order valence-electron chi connectivity index (χ3n) is 2.69. The predicted octanol–water partition coefficient (Wildman–Crippen LogP) is 1.86. The molecule has 0 atom stereocenters. The van der Waals surface area contributed by atoms with Crippen LogP contribution in [-0.2, 0) is 4.84 Å². The summed E-state index contributed by atoms with van der Waals surface area (Å²) in [7, 11) is 0. The van der Waals surface area contributed by atoms with Gasteiger partial charge in [-0.25, -0.2) is 5.48 Å². The van der Waals surface area contributed by atoms with Gasteiger partial charge in [-0.1, -0.05) is 22.0 Å². The van der Waals surface area contributed by atoms with Gasteiger partial charge >= 0.3 is 0 Å². The maximum absolute atomic E-state index is 11.8. The summed E-state index contributed by atoms with van der Waals surface area (Å²) < 4.78 is 0.881. The van der Waals surface area contributed by atoms with Gasteiger partial charge in [0.2, 0.25) is 0 Å². The molecule has 0 bridgehead atoms. The fraction of sp³-hybridized carbons (Fsp3) is 0.417. The van der Waals surface area contributed by atoms with Crippen LogP contribution in [0.5, 0.6) is 0 Å². The van der Waals surface area contributed by atoms with Crippen LogP contribution in [0.3, 0.4) is 0 Å². The highest BCUT2D eigenvalue weighted by Crippen LogP contribution is 2.12. The Balaban J connectivity index is 1.84. The van der Waals surface area contributed by atoms with E-state index in [-0.39, 0.29) is 12.0 Å². The Kier molecular flexibility index (Phi) is 4.53. The number of nitrogens with one attached hydrogen (secondary N) is 2. The molecule has 0 spiro atoms. The average Bonchev–Trinajstić information content (AvgIpc) is 2.37. The van der Waals surface area contributed by atoms with Gasteiger partial charge in [-0.2, -0.15) is 0 Å². The normalized spacial score (nSPS) is 16.8. The van der Waals surface area contributed by atoms with Crippen LogP contribution in [-0.4, -0.2) is 25.1 Å². The molecule has 0 aliphatic carbocycles. The lowest BCUT2D eigenvalue weighted by molar-refractivity contribution is -0.0282. The summed E-state index contributed by atoms with van der Waals surface area (Å²) in [5.74, 6) is -0.204. The first-order valence-corrected chi connectivity index (χ1v) is 6.47. The van der Waals surface area contributed by atoms with E-state index in [1.165, 1.54) is 0 Å². The molecular formula is C12H15BrN2O2. The van der Waals surface area contributed by atoms with Gasteiger partial charge in [-0.3, -0.25) is 9.63 Å². The molecule has 5 heteroatoms. The van der Waals surface area contributed by atoms with Crippen LogP contribution < -0.4 is 10.8 Å². The first kappa shape index (κ1) is 12.5. The first-order chi connectivity index (χ1) is 8.25. The third kappa shape index (κ3) is 3.80. The van der Waals surface area contributed by atoms with Gasteiger partial charge in [-0.15, -0.1) is 0 Å². The van der Waals surface area contributed by atoms with E-state index in [0.29, 0.717) is 5.56 Å². The van der Waals surface area contributed by atoms with Crippen molar-refractivity contribution in [3.63, 3.8) is 0 Å². The molecule has 4 nitrogen and oxygen atoms in total. The maximum Gasteiger partial charge on any atom is 0.274 e. The Morgan fingerprint density at radius 3 is 2.88 bits per heavy atom. The first-order valence-electron chi connectivity index (χ1n) is 5.68. The maximum atomic E-state index is 11.8. The minimum absolute atomic E-state index is 0.118. The largest absolute Gasteiger partial charge is 0.317 e. The zero-order chi connectivity index (χ0) is 12.1. The van der Waals surface area contributed by atoms with Gasteiger partial charge in [0.1, 0.15) is 0 Å². The van der Waals surface area contributed by atoms with E-state index in [1.807, 2.05) is 12.1 Å². The van der Waals surface area contributed by atoms with E-state index >= 15 is 0 Å². The van der Waals surface area contributed by atoms with E-state index in [2.05, 4.69) is 26.7 Å². The fourth-order valence-corrected chi connectivity index (χ4v) is 2.14. The van der Waals surface area contributed by atoms with Gasteiger partial charge < -0.3 is 5.32 Å². The molecule has 0 aromatic heterocycles. The van der Waals surface area contributed by atoms with Gasteiger partial charge in [0.15, 0.2) is 0 Å². The van der Waals surface area contributed by atoms with Crippen LogP contribution in [0.1, 0.15) is 23.2 Å². The molecule has 0 radical (unpaired) electrons. The van der Waals surface area contributed by atoms with E-state index in [0.717, 1.165) is 30.4 Å². The molecule has 1 amide bonds. The van der Waals surface area contributed by atoms with Crippen LogP contribution >= 0.6 is 15.9 Å². The predicted molar refractivity (Wildman–Crippen MR) is 68.6 cm³/mol. The molecule has 0 saturated carbocycles. The summed E-state index contributed by atoms with van der Waals surface area (Å²) in [5, 5.41) is 3.24. The summed E-state index contributed by atoms with van der Waals surface area (Å²) >= 11 is 3.33. The number of piperidine rings is 1. The number of rotatable bonds is 3. The smallest absolute Gasteiger partial charge is 0.274 e. The van der Waals surface area contributed by atoms with Crippen molar-refractivity contribution >= 4 is 21.8 Å². The molecule has 2 N–H and O–H groups in total. The van der Waals surface area contributed by atoms with Crippen molar-refractivity contribution in [1.82, 2.24) is 10.8 Å². The Morgan fingerprint density at radius 2 is 2.18 bits per heavy atom. The van der Waals surface area contributed by atoms with E-state index in [9.17, 15) is 4.79 Å². The topological polar surface area (TPSA) is 50.4 Å². The van der Waals surface area contributed by atoms with Crippen LogP contribution in [0.4, 0.5) is 0 Å². The molecular weight excluding hydrogens is 284 g/mol. The highest BCUT2D eigenvalue weighted by atomic mass is 79.9. The molecule has 17 heavy (non-hydrogen) atoms. The zero-order valence-corrected chi connectivity index (χ0v) is 11.0. The quantitative estimate of drug-likeness (QED) is 0.838. The number of carbonyl (C=O) groups is 1. The van der Waals surface area contributed by atoms with Gasteiger partial charge in [-0.05, 0) is 44.1 Å². The van der Waals surface area contributed by atoms with Crippen molar-refractivity contribution < 1.29 is 9.63 Å². The highest BCUT2D eigenvalue weighted by molar-refractivity contribution is 9.10. The Hall–Kier alpha value is -0.910. The molecule has 92 valence electrons. The minimum atomic E-state index is -0.204. The average molecular weight is 299 g/mol. The van der Waals surface area contributed by atoms with Gasteiger partial charge in [0, 0.05) is 10.0 Å². The SMILES string of the molecule is O=C(NOC1CCNCC1)c1cccc(Br)c1. The van der Waals surface area contributed by atoms with Gasteiger partial charge in [0.25, 0.3) is 5.91 Å². The van der Waals surface area contributed by atoms with E-state index in [4.69, 9.17) is 4.84 Å². The molecule has 1 heterocycles. The Bertz CT molecular complexity index is 392. The fourth-order valence-electron chi connectivity index (χ4n) is 1.74. The summed E-state index contributed by atoms with van der Waals surface area (Å²) in [4.78, 5) is 17.2. The van der Waals surface area contributed by atoms with E-state index < -0.39 is 0 Å². The number of benzene rings is 1. The van der Waals surface area contributed by atoms with Crippen molar-refractivity contribution in [2.24, 2.45) is 0 Å². The Labute approximate surface area is 109 Å². The van der Waals surface area contributed by atoms with Crippen LogP contribution in [0.25, 0.3) is 0 Å². The van der Waals surface area contributed by atoms with E-state index in [1.54, 1.807) is 12.1 Å². The van der Waals surface area contributed by atoms with Crippen LogP contribution in [0, 0.1) is 0 Å². The summed E-state index contributed by atoms with van der Waals surface area (Å²) in [6.07, 6.45) is 1.98. The van der Waals surface area contributed by atoms with Crippen molar-refractivity contribution in [2.45, 2.75) is 18.9 Å². The summed E-state index contributed by atoms with van der Waals surface area (Å²) in [6, 6.07) is 7.22. The van der Waals surface area contributed by atoms with Crippen molar-refractivity contribution in [3.05, 3.63) is 34.3 Å². The molecule has 2 rings (SSSR count). The number of carbonyl (C=O) groups excluding carboxylic acids is 1. The van der Waals surface area contributed by atoms with Gasteiger partial charge in [0.05, 0.1) is 6.10 Å². The summed E-state index contributed by atoms with van der Waals surface area (Å²) in [5.41, 5.74) is 3.10. The lowest BCUT2D eigenvalue weighted by Crippen LogP contribution is -2.37. The molecule has 1 aliphatic heterocycles. The lowest BCUT2D eigenvalue weighted by atomic mass is 10.1. The van der Waals surface area contributed by atoms with Crippen molar-refractivity contribution in [3.8, 4) is 0 Å². The number of halogens is 1. The van der Waals surface area contributed by atoms with Crippen molar-refractivity contribution in [2.75, 3.05) is 13.1 Å². The van der Waals surface area contributed by atoms with Crippen LogP contribution in [0.15, 0.2) is 28.7 Å². The third-order valence-corrected chi connectivity index (χ3v) is 3.18. The standard InChI is InChI=1S/C12H15BrN2O2/c13-10-3-1-2-9(8-10)12(16)15-17-11-4-6-14-7-5-11/h1-3,8,11,14H,4-7H2,(H,15,16). The number of hydrogen-bond donors (Lipinski definition) is 2. The van der Waals surface area contributed by atoms with Crippen LogP contribution in [0.2, 0.25) is 0 Å². The molecule has 1 saturated heterocycles. The lowest BCUT2D eigenvalue weighted by Gasteiger charge is -2.22. The summed E-state index contributed by atoms with van der Waals surface area (Å²) in [6.45, 7) is 1.88. The second-order valence-corrected chi connectivity index (χ2v) is 4.92. The molecule has 1 aliphatic rings. The zero-order valence-electron chi connectivity index (χ0n) is 9.41.